The Balaban J connectivity index is 3.94. The van der Waals surface area contributed by atoms with E-state index in [0.29, 0.717) is 12.8 Å². The second-order valence-corrected chi connectivity index (χ2v) is 9.06. The molecule has 0 aliphatic rings. The number of unbranched alkanes of at least 4 members (excludes halogenated alkanes) is 11. The first-order chi connectivity index (χ1) is 12.9. The van der Waals surface area contributed by atoms with E-state index in [0.717, 1.165) is 44.9 Å². The lowest BCUT2D eigenvalue weighted by Crippen LogP contribution is -2.34. The fourth-order valence-electron chi connectivity index (χ4n) is 3.45. The zero-order valence-electron chi connectivity index (χ0n) is 18.6. The molecule has 164 valence electrons. The van der Waals surface area contributed by atoms with E-state index in [4.69, 9.17) is 8.37 Å². The minimum Gasteiger partial charge on any atom is -0.248 e. The number of hydrogen-bond donors (Lipinski definition) is 0. The highest BCUT2D eigenvalue weighted by atomic mass is 32.3. The van der Waals surface area contributed by atoms with E-state index in [1.54, 1.807) is 0 Å². The molecular formula is C22H46O4S. The molecule has 0 unspecified atom stereocenters. The van der Waals surface area contributed by atoms with Crippen molar-refractivity contribution in [3.05, 3.63) is 0 Å². The summed E-state index contributed by atoms with van der Waals surface area (Å²) in [5.41, 5.74) is -0.605. The van der Waals surface area contributed by atoms with Crippen LogP contribution < -0.4 is 0 Å². The molecule has 0 saturated heterocycles. The van der Waals surface area contributed by atoms with Gasteiger partial charge in [-0.25, -0.2) is 8.37 Å². The summed E-state index contributed by atoms with van der Waals surface area (Å²) in [5.74, 6) is 0. The molecule has 0 aliphatic carbocycles. The molecule has 0 aromatic heterocycles. The molecule has 0 aromatic carbocycles. The zero-order valence-corrected chi connectivity index (χ0v) is 19.4. The average Bonchev–Trinajstić information content (AvgIpc) is 2.65. The van der Waals surface area contributed by atoms with Gasteiger partial charge in [0, 0.05) is 0 Å². The van der Waals surface area contributed by atoms with Gasteiger partial charge in [0.25, 0.3) is 0 Å². The van der Waals surface area contributed by atoms with E-state index in [9.17, 15) is 8.42 Å². The minimum atomic E-state index is -3.91. The smallest absolute Gasteiger partial charge is 0.248 e. The van der Waals surface area contributed by atoms with E-state index < -0.39 is 16.0 Å². The van der Waals surface area contributed by atoms with Crippen molar-refractivity contribution < 1.29 is 16.8 Å². The maximum Gasteiger partial charge on any atom is 0.400 e. The van der Waals surface area contributed by atoms with Gasteiger partial charge in [0.2, 0.25) is 0 Å². The number of hydrogen-bond acceptors (Lipinski definition) is 4. The molecule has 0 radical (unpaired) electrons. The lowest BCUT2D eigenvalue weighted by atomic mass is 9.91. The highest BCUT2D eigenvalue weighted by molar-refractivity contribution is 7.81. The summed E-state index contributed by atoms with van der Waals surface area (Å²) in [6.45, 7) is 8.61. The van der Waals surface area contributed by atoms with Crippen molar-refractivity contribution in [2.24, 2.45) is 0 Å². The summed E-state index contributed by atoms with van der Waals surface area (Å²) in [7, 11) is -3.91. The van der Waals surface area contributed by atoms with E-state index in [1.807, 2.05) is 13.8 Å². The van der Waals surface area contributed by atoms with Crippen LogP contribution in [0.3, 0.4) is 0 Å². The van der Waals surface area contributed by atoms with Crippen LogP contribution in [-0.4, -0.2) is 20.6 Å². The van der Waals surface area contributed by atoms with Gasteiger partial charge >= 0.3 is 10.4 Å². The van der Waals surface area contributed by atoms with Gasteiger partial charge in [-0.15, -0.1) is 0 Å². The molecule has 0 bridgehead atoms. The first-order valence-corrected chi connectivity index (χ1v) is 12.9. The standard InChI is InChI=1S/C22H46O4S/c1-5-9-11-12-13-14-15-16-17-19-21-25-27(23,24)26-22(7-3,8-4)20-18-10-6-2/h5-21H2,1-4H3. The van der Waals surface area contributed by atoms with Crippen molar-refractivity contribution in [2.75, 3.05) is 6.61 Å². The van der Waals surface area contributed by atoms with Crippen molar-refractivity contribution in [3.8, 4) is 0 Å². The van der Waals surface area contributed by atoms with Crippen molar-refractivity contribution in [2.45, 2.75) is 136 Å². The number of rotatable bonds is 20. The average molecular weight is 407 g/mol. The minimum absolute atomic E-state index is 0.233. The van der Waals surface area contributed by atoms with Gasteiger partial charge in [-0.1, -0.05) is 105 Å². The second kappa shape index (κ2) is 16.8. The second-order valence-electron chi connectivity index (χ2n) is 7.84. The molecule has 27 heavy (non-hydrogen) atoms. The van der Waals surface area contributed by atoms with Gasteiger partial charge in [0.05, 0.1) is 12.2 Å². The van der Waals surface area contributed by atoms with Crippen LogP contribution in [0.1, 0.15) is 130 Å². The molecule has 4 nitrogen and oxygen atoms in total. The fraction of sp³-hybridized carbons (Fsp3) is 1.00. The van der Waals surface area contributed by atoms with Crippen LogP contribution in [0.25, 0.3) is 0 Å². The van der Waals surface area contributed by atoms with Gasteiger partial charge in [0.15, 0.2) is 0 Å². The summed E-state index contributed by atoms with van der Waals surface area (Å²) < 4.78 is 35.1. The van der Waals surface area contributed by atoms with Gasteiger partial charge in [-0.05, 0) is 25.7 Å². The predicted molar refractivity (Wildman–Crippen MR) is 115 cm³/mol. The molecule has 0 aromatic rings. The van der Waals surface area contributed by atoms with Crippen molar-refractivity contribution >= 4 is 10.4 Å². The van der Waals surface area contributed by atoms with Crippen LogP contribution >= 0.6 is 0 Å². The summed E-state index contributed by atoms with van der Waals surface area (Å²) in [6, 6.07) is 0. The van der Waals surface area contributed by atoms with Crippen LogP contribution in [0.4, 0.5) is 0 Å². The van der Waals surface area contributed by atoms with Crippen LogP contribution in [0, 0.1) is 0 Å². The molecule has 0 rings (SSSR count). The first kappa shape index (κ1) is 26.9. The van der Waals surface area contributed by atoms with Crippen molar-refractivity contribution in [1.29, 1.82) is 0 Å². The van der Waals surface area contributed by atoms with E-state index in [-0.39, 0.29) is 6.61 Å². The lowest BCUT2D eigenvalue weighted by molar-refractivity contribution is 0.0350. The largest absolute Gasteiger partial charge is 0.400 e. The molecule has 0 spiro atoms. The maximum atomic E-state index is 12.2. The Labute approximate surface area is 170 Å². The van der Waals surface area contributed by atoms with Crippen molar-refractivity contribution in [3.63, 3.8) is 0 Å². The highest BCUT2D eigenvalue weighted by Crippen LogP contribution is 2.30. The Kier molecular flexibility index (Phi) is 16.7. The Morgan fingerprint density at radius 1 is 0.630 bits per heavy atom. The third-order valence-corrected chi connectivity index (χ3v) is 6.54. The summed E-state index contributed by atoms with van der Waals surface area (Å²) in [5, 5.41) is 0. The highest BCUT2D eigenvalue weighted by Gasteiger charge is 2.33. The SMILES string of the molecule is CCCCCCCCCCCCOS(=O)(=O)OC(CC)(CC)CCCCC. The fourth-order valence-corrected chi connectivity index (χ4v) is 4.57. The van der Waals surface area contributed by atoms with Crippen LogP contribution in [-0.2, 0) is 18.8 Å². The van der Waals surface area contributed by atoms with Gasteiger partial charge < -0.3 is 0 Å². The van der Waals surface area contributed by atoms with Crippen LogP contribution in [0.15, 0.2) is 0 Å². The molecule has 0 aliphatic heterocycles. The predicted octanol–water partition coefficient (Wildman–Crippen LogP) is 7.32. The normalized spacial score (nSPS) is 12.6. The molecule has 5 heteroatoms. The lowest BCUT2D eigenvalue weighted by Gasteiger charge is -2.30. The Hall–Kier alpha value is -0.130. The maximum absolute atomic E-state index is 12.2. The molecular weight excluding hydrogens is 360 g/mol. The topological polar surface area (TPSA) is 52.6 Å². The molecule has 0 saturated carbocycles. The third kappa shape index (κ3) is 14.5. The Morgan fingerprint density at radius 3 is 1.56 bits per heavy atom. The van der Waals surface area contributed by atoms with Crippen LogP contribution in [0.5, 0.6) is 0 Å². The Morgan fingerprint density at radius 2 is 1.07 bits per heavy atom. The quantitative estimate of drug-likeness (QED) is 0.199. The molecule has 0 heterocycles. The summed E-state index contributed by atoms with van der Waals surface area (Å²) in [6.07, 6.45) is 17.5. The monoisotopic (exact) mass is 406 g/mol. The molecule has 0 amide bonds. The van der Waals surface area contributed by atoms with E-state index in [2.05, 4.69) is 13.8 Å². The van der Waals surface area contributed by atoms with E-state index in [1.165, 1.54) is 44.9 Å². The zero-order chi connectivity index (χ0) is 20.4. The summed E-state index contributed by atoms with van der Waals surface area (Å²) >= 11 is 0. The summed E-state index contributed by atoms with van der Waals surface area (Å²) in [4.78, 5) is 0. The van der Waals surface area contributed by atoms with E-state index >= 15 is 0 Å². The van der Waals surface area contributed by atoms with Gasteiger partial charge in [-0.2, -0.15) is 8.42 Å². The Bertz CT molecular complexity index is 416. The van der Waals surface area contributed by atoms with Gasteiger partial charge in [0.1, 0.15) is 0 Å². The van der Waals surface area contributed by atoms with Crippen LogP contribution in [0.2, 0.25) is 0 Å². The van der Waals surface area contributed by atoms with Gasteiger partial charge in [-0.3, -0.25) is 0 Å². The molecule has 0 N–H and O–H groups in total. The molecule has 0 atom stereocenters. The van der Waals surface area contributed by atoms with Crippen molar-refractivity contribution in [1.82, 2.24) is 0 Å². The third-order valence-electron chi connectivity index (χ3n) is 5.53. The molecule has 0 fully saturated rings. The first-order valence-electron chi connectivity index (χ1n) is 11.5.